The lowest BCUT2D eigenvalue weighted by Gasteiger charge is -2.28. The van der Waals surface area contributed by atoms with Crippen molar-refractivity contribution in [2.75, 3.05) is 13.2 Å². The predicted molar refractivity (Wildman–Crippen MR) is 396 cm³/mol. The molecule has 0 amide bonds. The molecule has 1 aliphatic heterocycles. The molecule has 1 saturated carbocycles. The van der Waals surface area contributed by atoms with Crippen molar-refractivity contribution in [2.24, 2.45) is 5.92 Å². The molecule has 2 nitrogen and oxygen atoms in total. The topological polar surface area (TPSA) is 18.5 Å². The van der Waals surface area contributed by atoms with Crippen LogP contribution in [0.2, 0.25) is 0 Å². The molecule has 1 saturated heterocycles. The molecule has 2 fully saturated rings. The summed E-state index contributed by atoms with van der Waals surface area (Å²) in [6.07, 6.45) is 9.31. The van der Waals surface area contributed by atoms with E-state index in [0.717, 1.165) is 93.6 Å². The second-order valence-electron chi connectivity index (χ2n) is 26.8. The molecule has 1 aliphatic carbocycles. The zero-order chi connectivity index (χ0) is 76.2. The summed E-state index contributed by atoms with van der Waals surface area (Å²) in [5, 5.41) is 0. The highest BCUT2D eigenvalue weighted by Crippen LogP contribution is 2.40. The minimum absolute atomic E-state index is 0.0209. The SMILES string of the molecule is C=C1COC(c2ccc(-c3ccc(-c4cc(F)c(F)c(F)c4)c(F)c3)cc2)OC1.CCCC1CCC(c2ccc(-c3ccc(-c4cc(F)c(F)c(F)c4)c(F)c3)cc2)CC1.CCCc1ccc(-c2ccc(-c3ccc(C)cc3)cc2F)cc1.Cc1ccc(-c2ccc(-c3cc(F)c(F)c(F)c3)c(F)c2)c(F)c1. The Hall–Kier alpha value is -10.7. The molecule has 14 rings (SSSR count). The quantitative estimate of drug-likeness (QED) is 0.0614. The highest BCUT2D eigenvalue weighted by Gasteiger charge is 2.24. The molecule has 0 unspecified atom stereocenters. The smallest absolute Gasteiger partial charge is 0.194 e. The van der Waals surface area contributed by atoms with E-state index in [1.807, 2.05) is 72.8 Å². The van der Waals surface area contributed by atoms with Gasteiger partial charge in [0.25, 0.3) is 0 Å². The van der Waals surface area contributed by atoms with Gasteiger partial charge in [0.15, 0.2) is 58.6 Å². The van der Waals surface area contributed by atoms with Crippen LogP contribution in [0.4, 0.5) is 61.5 Å². The summed E-state index contributed by atoms with van der Waals surface area (Å²) >= 11 is 0. The maximum absolute atomic E-state index is 14.7. The summed E-state index contributed by atoms with van der Waals surface area (Å²) in [5.74, 6) is -14.3. The molecule has 107 heavy (non-hydrogen) atoms. The molecule has 12 aromatic rings. The summed E-state index contributed by atoms with van der Waals surface area (Å²) in [6.45, 7) is 12.9. The fourth-order valence-corrected chi connectivity index (χ4v) is 13.2. The Bertz CT molecular complexity index is 5050. The van der Waals surface area contributed by atoms with Gasteiger partial charge in [0.2, 0.25) is 0 Å². The van der Waals surface area contributed by atoms with E-state index in [-0.39, 0.29) is 50.3 Å². The lowest BCUT2D eigenvalue weighted by molar-refractivity contribution is -0.160. The van der Waals surface area contributed by atoms with Crippen LogP contribution < -0.4 is 0 Å². The number of ether oxygens (including phenoxy) is 2. The molecule has 0 N–H and O–H groups in total. The second kappa shape index (κ2) is 35.2. The fourth-order valence-electron chi connectivity index (χ4n) is 13.2. The van der Waals surface area contributed by atoms with Gasteiger partial charge in [0.05, 0.1) is 13.2 Å². The maximum atomic E-state index is 14.7. The molecule has 0 radical (unpaired) electrons. The zero-order valence-electron chi connectivity index (χ0n) is 59.0. The third-order valence-corrected chi connectivity index (χ3v) is 19.0. The monoisotopic (exact) mass is 1460 g/mol. The van der Waals surface area contributed by atoms with Crippen molar-refractivity contribution in [2.45, 2.75) is 91.3 Å². The molecular weight excluding hydrogens is 1390 g/mol. The van der Waals surface area contributed by atoms with Crippen molar-refractivity contribution in [3.63, 3.8) is 0 Å². The molecule has 16 heteroatoms. The van der Waals surface area contributed by atoms with Gasteiger partial charge in [0.1, 0.15) is 29.1 Å². The Labute approximate surface area is 613 Å². The number of hydrogen-bond acceptors (Lipinski definition) is 2. The minimum Gasteiger partial charge on any atom is -0.344 e. The Balaban J connectivity index is 0.000000143. The predicted octanol–water partition coefficient (Wildman–Crippen LogP) is 27.3. The lowest BCUT2D eigenvalue weighted by atomic mass is 9.77. The molecule has 0 aromatic heterocycles. The van der Waals surface area contributed by atoms with Gasteiger partial charge in [-0.1, -0.05) is 203 Å². The van der Waals surface area contributed by atoms with Gasteiger partial charge in [-0.15, -0.1) is 0 Å². The van der Waals surface area contributed by atoms with E-state index in [2.05, 4.69) is 51.6 Å². The maximum Gasteiger partial charge on any atom is 0.194 e. The standard InChI is InChI=1S/C27H26F4.C23H16F4O2.C22H21F.C19H11F5/c1-2-3-17-4-6-18(7-5-17)19-8-10-20(11-9-19)21-12-13-23(24(28)14-21)22-15-25(29)27(31)26(30)16-22;1-13-11-28-23(29-12-13)15-4-2-14(3-5-15)16-6-7-18(19(24)8-16)17-9-20(25)22(27)21(26)10-17;1-3-4-17-7-11-19(12-8-17)21-14-13-20(15-22(21)23)18-9-5-16(2)6-10-18;1-10-2-4-13(15(20)6-10)11-3-5-14(16(21)7-11)12-8-17(22)19(24)18(23)9-12/h8-18H,2-7H2,1H3;2-10,23H,1,11-12H2;5-15H,3-4H2,1-2H3;2-9H,1H3. The molecular formula is C91H74F14O2. The van der Waals surface area contributed by atoms with Crippen LogP contribution in [0.15, 0.2) is 237 Å². The van der Waals surface area contributed by atoms with Gasteiger partial charge in [-0.3, -0.25) is 0 Å². The molecule has 0 atom stereocenters. The van der Waals surface area contributed by atoms with Crippen molar-refractivity contribution in [3.8, 4) is 89.0 Å². The molecule has 12 aromatic carbocycles. The largest absolute Gasteiger partial charge is 0.344 e. The molecule has 0 spiro atoms. The number of rotatable bonds is 14. The minimum atomic E-state index is -1.61. The summed E-state index contributed by atoms with van der Waals surface area (Å²) < 4.78 is 203. The van der Waals surface area contributed by atoms with Crippen LogP contribution in [0.1, 0.15) is 98.8 Å². The van der Waals surface area contributed by atoms with Crippen LogP contribution in [-0.2, 0) is 15.9 Å². The van der Waals surface area contributed by atoms with Crippen molar-refractivity contribution in [1.82, 2.24) is 0 Å². The van der Waals surface area contributed by atoms with Crippen LogP contribution in [0.25, 0.3) is 89.0 Å². The van der Waals surface area contributed by atoms with Crippen molar-refractivity contribution >= 4 is 0 Å². The molecule has 1 heterocycles. The van der Waals surface area contributed by atoms with Gasteiger partial charge in [0, 0.05) is 33.4 Å². The summed E-state index contributed by atoms with van der Waals surface area (Å²) in [7, 11) is 0. The van der Waals surface area contributed by atoms with Gasteiger partial charge in [-0.05, 0) is 208 Å². The average Bonchev–Trinajstić information content (AvgIpc) is 0.824. The van der Waals surface area contributed by atoms with Gasteiger partial charge in [-0.25, -0.2) is 61.5 Å². The molecule has 0 bridgehead atoms. The first-order valence-corrected chi connectivity index (χ1v) is 35.1. The first-order valence-electron chi connectivity index (χ1n) is 35.1. The third-order valence-electron chi connectivity index (χ3n) is 19.0. The van der Waals surface area contributed by atoms with E-state index in [1.54, 1.807) is 43.3 Å². The number of aryl methyl sites for hydroxylation is 3. The number of benzene rings is 12. The molecule has 2 aliphatic rings. The van der Waals surface area contributed by atoms with Crippen LogP contribution in [0.5, 0.6) is 0 Å². The van der Waals surface area contributed by atoms with Crippen molar-refractivity contribution < 1.29 is 70.9 Å². The van der Waals surface area contributed by atoms with Crippen molar-refractivity contribution in [1.29, 1.82) is 0 Å². The van der Waals surface area contributed by atoms with E-state index >= 15 is 0 Å². The first kappa shape index (κ1) is 77.4. The van der Waals surface area contributed by atoms with Crippen LogP contribution in [0.3, 0.4) is 0 Å². The Morgan fingerprint density at radius 1 is 0.299 bits per heavy atom. The van der Waals surface area contributed by atoms with E-state index in [9.17, 15) is 61.5 Å². The van der Waals surface area contributed by atoms with Gasteiger partial charge in [-0.2, -0.15) is 0 Å². The van der Waals surface area contributed by atoms with Crippen molar-refractivity contribution in [3.05, 3.63) is 346 Å². The fraction of sp³-hybridized carbons (Fsp3) is 0.187. The average molecular weight is 1470 g/mol. The third kappa shape index (κ3) is 19.1. The first-order chi connectivity index (χ1) is 51.4. The Morgan fingerprint density at radius 2 is 0.607 bits per heavy atom. The van der Waals surface area contributed by atoms with E-state index in [1.165, 1.54) is 104 Å². The van der Waals surface area contributed by atoms with E-state index < -0.39 is 81.9 Å². The Morgan fingerprint density at radius 3 is 0.991 bits per heavy atom. The van der Waals surface area contributed by atoms with Gasteiger partial charge >= 0.3 is 0 Å². The van der Waals surface area contributed by atoms with E-state index in [0.29, 0.717) is 48.0 Å². The zero-order valence-corrected chi connectivity index (χ0v) is 59.0. The summed E-state index contributed by atoms with van der Waals surface area (Å²) in [6, 6.07) is 59.1. The number of hydrogen-bond donors (Lipinski definition) is 0. The lowest BCUT2D eigenvalue weighted by Crippen LogP contribution is -2.19. The highest BCUT2D eigenvalue weighted by atomic mass is 19.2. The van der Waals surface area contributed by atoms with Crippen LogP contribution in [-0.4, -0.2) is 13.2 Å². The highest BCUT2D eigenvalue weighted by molar-refractivity contribution is 5.76. The molecule has 548 valence electrons. The summed E-state index contributed by atoms with van der Waals surface area (Å²) in [4.78, 5) is 0. The normalized spacial score (nSPS) is 14.3. The van der Waals surface area contributed by atoms with Crippen LogP contribution >= 0.6 is 0 Å². The number of halogens is 14. The van der Waals surface area contributed by atoms with E-state index in [4.69, 9.17) is 9.47 Å². The second-order valence-corrected chi connectivity index (χ2v) is 26.8. The van der Waals surface area contributed by atoms with Crippen LogP contribution in [0, 0.1) is 101 Å². The Kier molecular flexibility index (Phi) is 25.4. The van der Waals surface area contributed by atoms with Gasteiger partial charge < -0.3 is 9.47 Å². The summed E-state index contributed by atoms with van der Waals surface area (Å²) in [5.41, 5.74) is 12.8.